The van der Waals surface area contributed by atoms with Crippen molar-refractivity contribution >= 4 is 11.6 Å². The molecule has 0 aromatic heterocycles. The van der Waals surface area contributed by atoms with Gasteiger partial charge in [0.25, 0.3) is 0 Å². The molecule has 0 spiro atoms. The van der Waals surface area contributed by atoms with Crippen LogP contribution in [0.3, 0.4) is 0 Å². The smallest absolute Gasteiger partial charge is 0.228 e. The summed E-state index contributed by atoms with van der Waals surface area (Å²) < 4.78 is 14.1. The largest absolute Gasteiger partial charge is 0.369 e. The van der Waals surface area contributed by atoms with Gasteiger partial charge in [-0.05, 0) is 49.8 Å². The van der Waals surface area contributed by atoms with Gasteiger partial charge in [0, 0.05) is 13.1 Å². The second kappa shape index (κ2) is 5.08. The molecule has 1 aromatic rings. The number of anilines is 1. The van der Waals surface area contributed by atoms with E-state index in [4.69, 9.17) is 5.73 Å². The summed E-state index contributed by atoms with van der Waals surface area (Å²) in [5, 5.41) is 0. The van der Waals surface area contributed by atoms with Gasteiger partial charge in [-0.2, -0.15) is 0 Å². The standard InChI is InChI=1S/C16H21FN2O/c17-13-6-5-12(16(15(18)20)7-4-8-16)11-14(13)19-9-2-1-3-10-19/h5-6,11H,1-4,7-10H2,(H2,18,20). The minimum atomic E-state index is -0.557. The Balaban J connectivity index is 1.95. The topological polar surface area (TPSA) is 46.3 Å². The molecular weight excluding hydrogens is 255 g/mol. The number of benzene rings is 1. The van der Waals surface area contributed by atoms with Gasteiger partial charge in [0.2, 0.25) is 5.91 Å². The van der Waals surface area contributed by atoms with Crippen molar-refractivity contribution in [1.82, 2.24) is 0 Å². The molecule has 108 valence electrons. The predicted molar refractivity (Wildman–Crippen MR) is 77.2 cm³/mol. The summed E-state index contributed by atoms with van der Waals surface area (Å²) in [5.74, 6) is -0.477. The summed E-state index contributed by atoms with van der Waals surface area (Å²) in [6, 6.07) is 5.07. The highest BCUT2D eigenvalue weighted by molar-refractivity contribution is 5.88. The summed E-state index contributed by atoms with van der Waals surface area (Å²) in [4.78, 5) is 13.9. The quantitative estimate of drug-likeness (QED) is 0.922. The molecule has 1 aliphatic heterocycles. The molecule has 3 nitrogen and oxygen atoms in total. The number of rotatable bonds is 3. The molecule has 1 aromatic carbocycles. The van der Waals surface area contributed by atoms with Crippen molar-refractivity contribution in [2.45, 2.75) is 43.9 Å². The number of hydrogen-bond donors (Lipinski definition) is 1. The molecule has 20 heavy (non-hydrogen) atoms. The number of carbonyl (C=O) groups is 1. The highest BCUT2D eigenvalue weighted by Gasteiger charge is 2.44. The van der Waals surface area contributed by atoms with E-state index in [0.29, 0.717) is 5.69 Å². The molecule has 1 aliphatic carbocycles. The fraction of sp³-hybridized carbons (Fsp3) is 0.562. The zero-order chi connectivity index (χ0) is 14.2. The van der Waals surface area contributed by atoms with Crippen LogP contribution in [0.25, 0.3) is 0 Å². The molecule has 2 aliphatic rings. The Morgan fingerprint density at radius 3 is 2.40 bits per heavy atom. The number of piperidine rings is 1. The normalized spacial score (nSPS) is 21.4. The van der Waals surface area contributed by atoms with Crippen molar-refractivity contribution in [3.63, 3.8) is 0 Å². The van der Waals surface area contributed by atoms with Crippen molar-refractivity contribution in [3.8, 4) is 0 Å². The van der Waals surface area contributed by atoms with Crippen molar-refractivity contribution < 1.29 is 9.18 Å². The maximum atomic E-state index is 14.1. The van der Waals surface area contributed by atoms with Gasteiger partial charge in [-0.25, -0.2) is 4.39 Å². The molecule has 0 atom stereocenters. The molecule has 1 heterocycles. The molecule has 0 unspecified atom stereocenters. The van der Waals surface area contributed by atoms with Crippen LogP contribution in [0.15, 0.2) is 18.2 Å². The van der Waals surface area contributed by atoms with Gasteiger partial charge in [0.1, 0.15) is 5.82 Å². The minimum Gasteiger partial charge on any atom is -0.369 e. The fourth-order valence-electron chi connectivity index (χ4n) is 3.40. The van der Waals surface area contributed by atoms with Gasteiger partial charge in [-0.15, -0.1) is 0 Å². The molecule has 1 amide bonds. The average Bonchev–Trinajstić information content (AvgIpc) is 2.40. The summed E-state index contributed by atoms with van der Waals surface area (Å²) in [7, 11) is 0. The minimum absolute atomic E-state index is 0.199. The average molecular weight is 276 g/mol. The van der Waals surface area contributed by atoms with Gasteiger partial charge >= 0.3 is 0 Å². The van der Waals surface area contributed by atoms with Gasteiger partial charge in [0.05, 0.1) is 11.1 Å². The first-order chi connectivity index (χ1) is 9.63. The Labute approximate surface area is 118 Å². The maximum absolute atomic E-state index is 14.1. The van der Waals surface area contributed by atoms with E-state index in [1.165, 1.54) is 12.5 Å². The number of carbonyl (C=O) groups excluding carboxylic acids is 1. The van der Waals surface area contributed by atoms with Crippen molar-refractivity contribution in [2.24, 2.45) is 5.73 Å². The van der Waals surface area contributed by atoms with E-state index in [1.54, 1.807) is 6.07 Å². The number of nitrogens with zero attached hydrogens (tertiary/aromatic N) is 1. The highest BCUT2D eigenvalue weighted by Crippen LogP contribution is 2.44. The Hall–Kier alpha value is -1.58. The van der Waals surface area contributed by atoms with E-state index in [2.05, 4.69) is 4.90 Å². The highest BCUT2D eigenvalue weighted by atomic mass is 19.1. The molecule has 0 radical (unpaired) electrons. The molecule has 3 rings (SSSR count). The van der Waals surface area contributed by atoms with E-state index in [-0.39, 0.29) is 11.7 Å². The van der Waals surface area contributed by atoms with E-state index in [1.807, 2.05) is 6.07 Å². The zero-order valence-corrected chi connectivity index (χ0v) is 11.7. The van der Waals surface area contributed by atoms with Crippen LogP contribution in [0.2, 0.25) is 0 Å². The molecule has 4 heteroatoms. The zero-order valence-electron chi connectivity index (χ0n) is 11.7. The summed E-state index contributed by atoms with van der Waals surface area (Å²) in [6.45, 7) is 1.79. The fourth-order valence-corrected chi connectivity index (χ4v) is 3.40. The first-order valence-corrected chi connectivity index (χ1v) is 7.48. The Morgan fingerprint density at radius 2 is 1.85 bits per heavy atom. The van der Waals surface area contributed by atoms with Crippen LogP contribution >= 0.6 is 0 Å². The third-order valence-corrected chi connectivity index (χ3v) is 4.87. The van der Waals surface area contributed by atoms with Crippen molar-refractivity contribution in [1.29, 1.82) is 0 Å². The molecule has 1 saturated carbocycles. The number of nitrogens with two attached hydrogens (primary N) is 1. The third kappa shape index (κ3) is 2.07. The lowest BCUT2D eigenvalue weighted by molar-refractivity contribution is -0.126. The Bertz CT molecular complexity index is 519. The van der Waals surface area contributed by atoms with Crippen LogP contribution in [-0.4, -0.2) is 19.0 Å². The first-order valence-electron chi connectivity index (χ1n) is 7.48. The number of halogens is 1. The lowest BCUT2D eigenvalue weighted by Gasteiger charge is -2.40. The van der Waals surface area contributed by atoms with Crippen LogP contribution < -0.4 is 10.6 Å². The van der Waals surface area contributed by atoms with Crippen LogP contribution in [0.5, 0.6) is 0 Å². The molecule has 2 fully saturated rings. The maximum Gasteiger partial charge on any atom is 0.228 e. The summed E-state index contributed by atoms with van der Waals surface area (Å²) in [5.41, 5.74) is 6.55. The molecular formula is C16H21FN2O. The van der Waals surface area contributed by atoms with E-state index in [0.717, 1.165) is 50.8 Å². The Morgan fingerprint density at radius 1 is 1.15 bits per heavy atom. The van der Waals surface area contributed by atoms with Gasteiger partial charge in [-0.1, -0.05) is 12.5 Å². The van der Waals surface area contributed by atoms with E-state index in [9.17, 15) is 9.18 Å². The van der Waals surface area contributed by atoms with E-state index < -0.39 is 5.41 Å². The SMILES string of the molecule is NC(=O)C1(c2ccc(F)c(N3CCCCC3)c2)CCC1. The van der Waals surface area contributed by atoms with Crippen molar-refractivity contribution in [3.05, 3.63) is 29.6 Å². The van der Waals surface area contributed by atoms with Crippen LogP contribution in [0, 0.1) is 5.82 Å². The molecule has 2 N–H and O–H groups in total. The predicted octanol–water partition coefficient (Wildman–Crippen LogP) is 2.72. The monoisotopic (exact) mass is 276 g/mol. The molecule has 1 saturated heterocycles. The van der Waals surface area contributed by atoms with Crippen molar-refractivity contribution in [2.75, 3.05) is 18.0 Å². The number of amides is 1. The van der Waals surface area contributed by atoms with Gasteiger partial charge in [0.15, 0.2) is 0 Å². The van der Waals surface area contributed by atoms with Crippen LogP contribution in [0.4, 0.5) is 10.1 Å². The van der Waals surface area contributed by atoms with Gasteiger partial charge in [-0.3, -0.25) is 4.79 Å². The number of hydrogen-bond acceptors (Lipinski definition) is 2. The lowest BCUT2D eigenvalue weighted by atomic mass is 9.64. The van der Waals surface area contributed by atoms with Gasteiger partial charge < -0.3 is 10.6 Å². The lowest BCUT2D eigenvalue weighted by Crippen LogP contribution is -2.46. The first kappa shape index (κ1) is 13.4. The third-order valence-electron chi connectivity index (χ3n) is 4.87. The number of primary amides is 1. The summed E-state index contributed by atoms with van der Waals surface area (Å²) in [6.07, 6.45) is 6.00. The van der Waals surface area contributed by atoms with Crippen LogP contribution in [-0.2, 0) is 10.2 Å². The van der Waals surface area contributed by atoms with E-state index >= 15 is 0 Å². The molecule has 0 bridgehead atoms. The Kier molecular flexibility index (Phi) is 3.40. The summed E-state index contributed by atoms with van der Waals surface area (Å²) >= 11 is 0. The van der Waals surface area contributed by atoms with Crippen LogP contribution in [0.1, 0.15) is 44.1 Å². The second-order valence-corrected chi connectivity index (χ2v) is 6.01. The second-order valence-electron chi connectivity index (χ2n) is 6.01.